The van der Waals surface area contributed by atoms with Crippen molar-refractivity contribution in [3.05, 3.63) is 102 Å². The van der Waals surface area contributed by atoms with Crippen LogP contribution in [-0.2, 0) is 4.79 Å². The van der Waals surface area contributed by atoms with Gasteiger partial charge in [-0.3, -0.25) is 4.79 Å². The summed E-state index contributed by atoms with van der Waals surface area (Å²) in [7, 11) is 1.65. The molecule has 0 aliphatic heterocycles. The van der Waals surface area contributed by atoms with Crippen LogP contribution in [0.2, 0.25) is 0 Å². The normalized spacial score (nSPS) is 13.0. The summed E-state index contributed by atoms with van der Waals surface area (Å²) in [6.07, 6.45) is 4.15. The zero-order valence-electron chi connectivity index (χ0n) is 17.2. The van der Waals surface area contributed by atoms with E-state index in [9.17, 15) is 4.79 Å². The van der Waals surface area contributed by atoms with Crippen LogP contribution in [0.15, 0.2) is 85.2 Å². The van der Waals surface area contributed by atoms with Gasteiger partial charge in [0, 0.05) is 24.7 Å². The van der Waals surface area contributed by atoms with Crippen LogP contribution >= 0.6 is 0 Å². The molecule has 1 amide bonds. The Balaban J connectivity index is 1.64. The van der Waals surface area contributed by atoms with Gasteiger partial charge in [0.2, 0.25) is 5.91 Å². The first kappa shape index (κ1) is 19.7. The summed E-state index contributed by atoms with van der Waals surface area (Å²) < 4.78 is 7.45. The van der Waals surface area contributed by atoms with Crippen LogP contribution in [-0.4, -0.2) is 22.4 Å². The molecule has 1 N–H and O–H groups in total. The van der Waals surface area contributed by atoms with Crippen LogP contribution < -0.4 is 10.1 Å². The van der Waals surface area contributed by atoms with Gasteiger partial charge in [0.25, 0.3) is 0 Å². The number of imidazole rings is 1. The van der Waals surface area contributed by atoms with Gasteiger partial charge in [-0.05, 0) is 42.3 Å². The Kier molecular flexibility index (Phi) is 5.80. The van der Waals surface area contributed by atoms with Crippen molar-refractivity contribution < 1.29 is 9.53 Å². The number of nitrogens with one attached hydrogen (secondary N) is 1. The summed E-state index contributed by atoms with van der Waals surface area (Å²) in [4.78, 5) is 17.5. The Bertz CT molecular complexity index is 1140. The summed E-state index contributed by atoms with van der Waals surface area (Å²) in [5, 5.41) is 3.14. The van der Waals surface area contributed by atoms with Crippen molar-refractivity contribution in [3.8, 4) is 5.75 Å². The Hall–Kier alpha value is -3.60. The fraction of sp³-hybridized carbons (Fsp3) is 0.200. The molecule has 0 aliphatic rings. The maximum atomic E-state index is 13.0. The van der Waals surface area contributed by atoms with E-state index in [4.69, 9.17) is 4.74 Å². The molecule has 4 aromatic rings. The molecule has 0 aliphatic carbocycles. The van der Waals surface area contributed by atoms with Gasteiger partial charge in [-0.25, -0.2) is 4.98 Å². The van der Waals surface area contributed by atoms with Gasteiger partial charge in [-0.2, -0.15) is 0 Å². The minimum Gasteiger partial charge on any atom is -0.497 e. The average molecular weight is 399 g/mol. The van der Waals surface area contributed by atoms with Crippen LogP contribution in [0.3, 0.4) is 0 Å². The van der Waals surface area contributed by atoms with Gasteiger partial charge >= 0.3 is 0 Å². The minimum absolute atomic E-state index is 0.00921. The molecule has 5 nitrogen and oxygen atoms in total. The zero-order valence-corrected chi connectivity index (χ0v) is 17.2. The highest BCUT2D eigenvalue weighted by atomic mass is 16.5. The Morgan fingerprint density at radius 1 is 1.03 bits per heavy atom. The summed E-state index contributed by atoms with van der Waals surface area (Å²) >= 11 is 0. The fourth-order valence-corrected chi connectivity index (χ4v) is 3.77. The smallest absolute Gasteiger partial charge is 0.221 e. The lowest BCUT2D eigenvalue weighted by molar-refractivity contribution is -0.122. The van der Waals surface area contributed by atoms with Crippen molar-refractivity contribution in [1.82, 2.24) is 14.7 Å². The fourth-order valence-electron chi connectivity index (χ4n) is 3.77. The average Bonchev–Trinajstić information content (AvgIpc) is 3.22. The third-order valence-electron chi connectivity index (χ3n) is 5.37. The molecule has 0 spiro atoms. The number of aromatic nitrogens is 2. The van der Waals surface area contributed by atoms with E-state index in [1.165, 1.54) is 0 Å². The van der Waals surface area contributed by atoms with E-state index in [0.29, 0.717) is 6.42 Å². The lowest BCUT2D eigenvalue weighted by Gasteiger charge is -2.20. The number of carbonyl (C=O) groups is 1. The second-order valence-corrected chi connectivity index (χ2v) is 7.35. The number of hydrogen-bond donors (Lipinski definition) is 1. The number of methoxy groups -OCH3 is 1. The number of benzene rings is 2. The molecule has 152 valence electrons. The number of nitrogens with zero attached hydrogens (tertiary/aromatic N) is 2. The molecule has 0 saturated carbocycles. The zero-order chi connectivity index (χ0) is 20.9. The lowest BCUT2D eigenvalue weighted by atomic mass is 9.92. The third-order valence-corrected chi connectivity index (χ3v) is 5.37. The van der Waals surface area contributed by atoms with E-state index in [1.807, 2.05) is 96.5 Å². The quantitative estimate of drug-likeness (QED) is 0.488. The molecule has 5 heteroatoms. The maximum Gasteiger partial charge on any atom is 0.221 e. The van der Waals surface area contributed by atoms with Crippen LogP contribution in [0.5, 0.6) is 5.75 Å². The monoisotopic (exact) mass is 399 g/mol. The number of carbonyl (C=O) groups excluding carboxylic acids is 1. The predicted octanol–water partition coefficient (Wildman–Crippen LogP) is 4.74. The molecule has 0 bridgehead atoms. The number of ether oxygens (including phenoxy) is 1. The van der Waals surface area contributed by atoms with Crippen molar-refractivity contribution in [2.24, 2.45) is 0 Å². The number of hydrogen-bond acceptors (Lipinski definition) is 3. The van der Waals surface area contributed by atoms with Gasteiger partial charge in [0.15, 0.2) is 0 Å². The topological polar surface area (TPSA) is 55.6 Å². The third kappa shape index (κ3) is 4.20. The van der Waals surface area contributed by atoms with Gasteiger partial charge in [0.05, 0.1) is 18.8 Å². The van der Waals surface area contributed by atoms with E-state index in [1.54, 1.807) is 7.11 Å². The van der Waals surface area contributed by atoms with Gasteiger partial charge < -0.3 is 14.5 Å². The summed E-state index contributed by atoms with van der Waals surface area (Å²) in [6, 6.07) is 23.7. The van der Waals surface area contributed by atoms with Crippen LogP contribution in [0, 0.1) is 0 Å². The SMILES string of the molecule is COc1cccc(C(CC(=O)NC(C)c2ccccc2)c2cnc3ccccn23)c1. The second kappa shape index (κ2) is 8.82. The van der Waals surface area contributed by atoms with Crippen molar-refractivity contribution in [2.45, 2.75) is 25.3 Å². The van der Waals surface area contributed by atoms with E-state index >= 15 is 0 Å². The van der Waals surface area contributed by atoms with Crippen molar-refractivity contribution in [2.75, 3.05) is 7.11 Å². The molecule has 0 fully saturated rings. The molecule has 2 unspecified atom stereocenters. The van der Waals surface area contributed by atoms with Crippen LogP contribution in [0.25, 0.3) is 5.65 Å². The standard InChI is InChI=1S/C25H25N3O2/c1-18(19-9-4-3-5-10-19)27-25(29)16-22(20-11-8-12-21(15-20)30-2)23-17-26-24-13-6-7-14-28(23)24/h3-15,17-18,22H,16H2,1-2H3,(H,27,29). The van der Waals surface area contributed by atoms with Gasteiger partial charge in [0.1, 0.15) is 11.4 Å². The lowest BCUT2D eigenvalue weighted by Crippen LogP contribution is -2.28. The molecule has 0 saturated heterocycles. The molecule has 4 rings (SSSR count). The molecule has 30 heavy (non-hydrogen) atoms. The number of fused-ring (bicyclic) bond motifs is 1. The number of pyridine rings is 1. The van der Waals surface area contributed by atoms with E-state index in [0.717, 1.165) is 28.2 Å². The van der Waals surface area contributed by atoms with Crippen molar-refractivity contribution in [3.63, 3.8) is 0 Å². The summed E-state index contributed by atoms with van der Waals surface area (Å²) in [6.45, 7) is 2.00. The van der Waals surface area contributed by atoms with Crippen LogP contribution in [0.1, 0.15) is 42.1 Å². The number of amides is 1. The van der Waals surface area contributed by atoms with E-state index in [-0.39, 0.29) is 17.9 Å². The molecule has 2 atom stereocenters. The van der Waals surface area contributed by atoms with Gasteiger partial charge in [-0.15, -0.1) is 0 Å². The van der Waals surface area contributed by atoms with Crippen molar-refractivity contribution >= 4 is 11.6 Å². The van der Waals surface area contributed by atoms with E-state index in [2.05, 4.69) is 10.3 Å². The molecule has 2 aromatic heterocycles. The Morgan fingerprint density at radius 2 is 1.80 bits per heavy atom. The highest BCUT2D eigenvalue weighted by Crippen LogP contribution is 2.31. The molecule has 2 aromatic carbocycles. The second-order valence-electron chi connectivity index (χ2n) is 7.35. The molecule has 0 radical (unpaired) electrons. The maximum absolute atomic E-state index is 13.0. The highest BCUT2D eigenvalue weighted by Gasteiger charge is 2.23. The molecular weight excluding hydrogens is 374 g/mol. The Labute approximate surface area is 176 Å². The number of rotatable bonds is 7. The predicted molar refractivity (Wildman–Crippen MR) is 118 cm³/mol. The Morgan fingerprint density at radius 3 is 2.60 bits per heavy atom. The van der Waals surface area contributed by atoms with Crippen LogP contribution in [0.4, 0.5) is 0 Å². The summed E-state index contributed by atoms with van der Waals surface area (Å²) in [5.41, 5.74) is 3.93. The van der Waals surface area contributed by atoms with Gasteiger partial charge in [-0.1, -0.05) is 48.5 Å². The minimum atomic E-state index is -0.152. The summed E-state index contributed by atoms with van der Waals surface area (Å²) in [5.74, 6) is 0.606. The first-order valence-corrected chi connectivity index (χ1v) is 10.1. The first-order chi connectivity index (χ1) is 14.7. The largest absolute Gasteiger partial charge is 0.497 e. The molecular formula is C25H25N3O2. The molecule has 2 heterocycles. The first-order valence-electron chi connectivity index (χ1n) is 10.1. The van der Waals surface area contributed by atoms with Crippen molar-refractivity contribution in [1.29, 1.82) is 0 Å². The highest BCUT2D eigenvalue weighted by molar-refractivity contribution is 5.78. The van der Waals surface area contributed by atoms with E-state index < -0.39 is 0 Å².